The van der Waals surface area contributed by atoms with Crippen molar-refractivity contribution in [1.82, 2.24) is 0 Å². The number of benzene rings is 2. The minimum Gasteiger partial charge on any atom is -0.118 e. The van der Waals surface area contributed by atoms with Crippen molar-refractivity contribution in [2.45, 2.75) is 42.2 Å². The zero-order valence-corrected chi connectivity index (χ0v) is 14.8. The van der Waals surface area contributed by atoms with E-state index >= 15 is 0 Å². The third kappa shape index (κ3) is 6.27. The molecule has 1 unspecified atom stereocenters. The third-order valence-corrected chi connectivity index (χ3v) is 5.44. The monoisotopic (exact) mass is 362 g/mol. The quantitative estimate of drug-likeness (QED) is 0.266. The molecule has 0 aliphatic rings. The van der Waals surface area contributed by atoms with Gasteiger partial charge >= 0.3 is 0 Å². The van der Waals surface area contributed by atoms with Crippen LogP contribution in [0.4, 0.5) is 0 Å². The summed E-state index contributed by atoms with van der Waals surface area (Å²) in [5.74, 6) is 0. The van der Waals surface area contributed by atoms with E-state index in [1.807, 2.05) is 11.8 Å². The van der Waals surface area contributed by atoms with Crippen molar-refractivity contribution in [1.29, 1.82) is 0 Å². The fourth-order valence-electron chi connectivity index (χ4n) is 2.40. The first-order valence-electron chi connectivity index (χ1n) is 7.73. The van der Waals surface area contributed by atoms with E-state index in [9.17, 15) is 0 Å². The summed E-state index contributed by atoms with van der Waals surface area (Å²) in [7, 11) is 0. The van der Waals surface area contributed by atoms with Gasteiger partial charge in [0.1, 0.15) is 0 Å². The lowest BCUT2D eigenvalue weighted by Crippen LogP contribution is -1.95. The second kappa shape index (κ2) is 10.1. The molecule has 112 valence electrons. The molecular weight excluding hydrogens is 340 g/mol. The van der Waals surface area contributed by atoms with Crippen molar-refractivity contribution in [2.75, 3.05) is 5.33 Å². The van der Waals surface area contributed by atoms with Gasteiger partial charge in [0, 0.05) is 15.5 Å². The Hall–Kier alpha value is -0.730. The highest BCUT2D eigenvalue weighted by Crippen LogP contribution is 2.38. The first-order chi connectivity index (χ1) is 10.4. The molecule has 0 saturated heterocycles. The van der Waals surface area contributed by atoms with E-state index in [2.05, 4.69) is 76.6 Å². The summed E-state index contributed by atoms with van der Waals surface area (Å²) in [5, 5.41) is 1.70. The van der Waals surface area contributed by atoms with E-state index in [1.54, 1.807) is 0 Å². The van der Waals surface area contributed by atoms with Gasteiger partial charge in [-0.25, -0.2) is 0 Å². The molecule has 1 atom stereocenters. The maximum absolute atomic E-state index is 3.51. The molecule has 2 heteroatoms. The SMILES string of the molecule is BrCCCCCCC(Sc1ccccc1)c1ccccc1. The Kier molecular flexibility index (Phi) is 7.98. The maximum Gasteiger partial charge on any atom is 0.0344 e. The van der Waals surface area contributed by atoms with Gasteiger partial charge in [-0.3, -0.25) is 0 Å². The molecule has 0 radical (unpaired) electrons. The Morgan fingerprint density at radius 1 is 0.762 bits per heavy atom. The van der Waals surface area contributed by atoms with E-state index in [4.69, 9.17) is 0 Å². The summed E-state index contributed by atoms with van der Waals surface area (Å²) in [6.07, 6.45) is 6.53. The Morgan fingerprint density at radius 2 is 1.38 bits per heavy atom. The predicted molar refractivity (Wildman–Crippen MR) is 98.4 cm³/mol. The van der Waals surface area contributed by atoms with Gasteiger partial charge in [-0.05, 0) is 30.5 Å². The minimum atomic E-state index is 0.567. The van der Waals surface area contributed by atoms with E-state index in [-0.39, 0.29) is 0 Å². The highest BCUT2D eigenvalue weighted by Gasteiger charge is 2.12. The maximum atomic E-state index is 3.51. The lowest BCUT2D eigenvalue weighted by molar-refractivity contribution is 0.630. The van der Waals surface area contributed by atoms with Gasteiger partial charge in [0.2, 0.25) is 0 Å². The smallest absolute Gasteiger partial charge is 0.0344 e. The number of thioether (sulfide) groups is 1. The largest absolute Gasteiger partial charge is 0.118 e. The molecule has 0 aliphatic heterocycles. The lowest BCUT2D eigenvalue weighted by atomic mass is 10.1. The van der Waals surface area contributed by atoms with Crippen LogP contribution in [0, 0.1) is 0 Å². The fraction of sp³-hybridized carbons (Fsp3) is 0.368. The van der Waals surface area contributed by atoms with Crippen LogP contribution in [0.25, 0.3) is 0 Å². The molecule has 0 heterocycles. The molecule has 0 aliphatic carbocycles. The Morgan fingerprint density at radius 3 is 2.05 bits per heavy atom. The molecule has 0 spiro atoms. The van der Waals surface area contributed by atoms with Gasteiger partial charge in [-0.15, -0.1) is 11.8 Å². The van der Waals surface area contributed by atoms with Crippen LogP contribution in [0.3, 0.4) is 0 Å². The normalized spacial score (nSPS) is 12.2. The second-order valence-electron chi connectivity index (χ2n) is 5.22. The van der Waals surface area contributed by atoms with Crippen LogP contribution in [0.1, 0.15) is 42.9 Å². The molecule has 21 heavy (non-hydrogen) atoms. The molecule has 0 aromatic heterocycles. The molecule has 2 aromatic carbocycles. The van der Waals surface area contributed by atoms with Gasteiger partial charge in [0.15, 0.2) is 0 Å². The average molecular weight is 363 g/mol. The number of halogens is 1. The van der Waals surface area contributed by atoms with E-state index in [1.165, 1.54) is 42.6 Å². The van der Waals surface area contributed by atoms with Crippen LogP contribution in [0.2, 0.25) is 0 Å². The fourth-order valence-corrected chi connectivity index (χ4v) is 4.02. The van der Waals surface area contributed by atoms with Crippen molar-refractivity contribution >= 4 is 27.7 Å². The predicted octanol–water partition coefficient (Wildman–Crippen LogP) is 6.87. The molecule has 0 bridgehead atoms. The van der Waals surface area contributed by atoms with Crippen LogP contribution in [-0.4, -0.2) is 5.33 Å². The van der Waals surface area contributed by atoms with Gasteiger partial charge < -0.3 is 0 Å². The van der Waals surface area contributed by atoms with Crippen molar-refractivity contribution < 1.29 is 0 Å². The standard InChI is InChI=1S/C19H23BrS/c20-16-10-2-1-9-15-19(17-11-5-3-6-12-17)21-18-13-7-4-8-14-18/h3-8,11-14,19H,1-2,9-10,15-16H2. The van der Waals surface area contributed by atoms with E-state index in [0.29, 0.717) is 5.25 Å². The molecule has 0 amide bonds. The minimum absolute atomic E-state index is 0.567. The number of alkyl halides is 1. The van der Waals surface area contributed by atoms with Crippen LogP contribution >= 0.6 is 27.7 Å². The first kappa shape index (κ1) is 16.6. The van der Waals surface area contributed by atoms with Crippen LogP contribution in [0.5, 0.6) is 0 Å². The van der Waals surface area contributed by atoms with Crippen molar-refractivity contribution in [3.63, 3.8) is 0 Å². The molecule has 0 N–H and O–H groups in total. The van der Waals surface area contributed by atoms with Crippen molar-refractivity contribution in [3.05, 3.63) is 66.2 Å². The summed E-state index contributed by atoms with van der Waals surface area (Å²) < 4.78 is 0. The number of unbranched alkanes of at least 4 members (excludes halogenated alkanes) is 3. The third-order valence-electron chi connectivity index (χ3n) is 3.54. The lowest BCUT2D eigenvalue weighted by Gasteiger charge is -2.17. The summed E-state index contributed by atoms with van der Waals surface area (Å²) in [5.41, 5.74) is 1.45. The number of rotatable bonds is 9. The molecule has 2 rings (SSSR count). The average Bonchev–Trinajstić information content (AvgIpc) is 2.55. The van der Waals surface area contributed by atoms with Crippen molar-refractivity contribution in [2.24, 2.45) is 0 Å². The van der Waals surface area contributed by atoms with E-state index < -0.39 is 0 Å². The number of hydrogen-bond acceptors (Lipinski definition) is 1. The number of hydrogen-bond donors (Lipinski definition) is 0. The molecular formula is C19H23BrS. The second-order valence-corrected chi connectivity index (χ2v) is 7.29. The van der Waals surface area contributed by atoms with E-state index in [0.717, 1.165) is 5.33 Å². The van der Waals surface area contributed by atoms with Crippen LogP contribution < -0.4 is 0 Å². The highest BCUT2D eigenvalue weighted by molar-refractivity contribution is 9.09. The summed E-state index contributed by atoms with van der Waals surface area (Å²) >= 11 is 5.50. The molecule has 0 nitrogen and oxygen atoms in total. The summed E-state index contributed by atoms with van der Waals surface area (Å²) in [6.45, 7) is 0. The van der Waals surface area contributed by atoms with Crippen molar-refractivity contribution in [3.8, 4) is 0 Å². The summed E-state index contributed by atoms with van der Waals surface area (Å²) in [6, 6.07) is 21.7. The summed E-state index contributed by atoms with van der Waals surface area (Å²) in [4.78, 5) is 1.37. The van der Waals surface area contributed by atoms with Crippen LogP contribution in [0.15, 0.2) is 65.6 Å². The van der Waals surface area contributed by atoms with Gasteiger partial charge in [-0.2, -0.15) is 0 Å². The van der Waals surface area contributed by atoms with Gasteiger partial charge in [0.05, 0.1) is 0 Å². The molecule has 2 aromatic rings. The van der Waals surface area contributed by atoms with Gasteiger partial charge in [-0.1, -0.05) is 83.7 Å². The Labute approximate surface area is 141 Å². The molecule has 0 fully saturated rings. The molecule has 0 saturated carbocycles. The Bertz CT molecular complexity index is 483. The zero-order valence-electron chi connectivity index (χ0n) is 12.4. The topological polar surface area (TPSA) is 0 Å². The van der Waals surface area contributed by atoms with Gasteiger partial charge in [0.25, 0.3) is 0 Å². The van der Waals surface area contributed by atoms with Crippen LogP contribution in [-0.2, 0) is 0 Å². The zero-order chi connectivity index (χ0) is 14.8. The Balaban J connectivity index is 1.94. The highest BCUT2D eigenvalue weighted by atomic mass is 79.9. The first-order valence-corrected chi connectivity index (χ1v) is 9.73.